The number of benzene rings is 1. The van der Waals surface area contributed by atoms with Crippen molar-refractivity contribution in [2.75, 3.05) is 0 Å². The van der Waals surface area contributed by atoms with Gasteiger partial charge in [0, 0.05) is 28.9 Å². The van der Waals surface area contributed by atoms with Crippen molar-refractivity contribution in [3.8, 4) is 5.75 Å². The first kappa shape index (κ1) is 12.9. The van der Waals surface area contributed by atoms with Crippen LogP contribution in [0.3, 0.4) is 0 Å². The number of aromatic nitrogens is 2. The molecule has 0 saturated heterocycles. The van der Waals surface area contributed by atoms with Gasteiger partial charge in [0.2, 0.25) is 0 Å². The highest BCUT2D eigenvalue weighted by atomic mass is 35.5. The zero-order valence-electron chi connectivity index (χ0n) is 10.1. The van der Waals surface area contributed by atoms with Crippen molar-refractivity contribution in [1.29, 1.82) is 0 Å². The van der Waals surface area contributed by atoms with E-state index in [2.05, 4.69) is 5.10 Å². The van der Waals surface area contributed by atoms with Crippen LogP contribution in [0.4, 0.5) is 0 Å². The predicted octanol–water partition coefficient (Wildman–Crippen LogP) is 2.63. The van der Waals surface area contributed by atoms with Gasteiger partial charge in [-0.05, 0) is 19.1 Å². The van der Waals surface area contributed by atoms with Crippen LogP contribution in [-0.4, -0.2) is 14.9 Å². The summed E-state index contributed by atoms with van der Waals surface area (Å²) >= 11 is 5.98. The van der Waals surface area contributed by atoms with E-state index in [4.69, 9.17) is 16.3 Å². The van der Waals surface area contributed by atoms with Gasteiger partial charge in [0.05, 0.1) is 12.8 Å². The molecular formula is C13H15ClN2O2. The van der Waals surface area contributed by atoms with Crippen LogP contribution in [0.5, 0.6) is 5.75 Å². The Morgan fingerprint density at radius 1 is 1.44 bits per heavy atom. The molecule has 2 aromatic rings. The summed E-state index contributed by atoms with van der Waals surface area (Å²) in [6.45, 7) is 3.13. The quantitative estimate of drug-likeness (QED) is 0.905. The maximum Gasteiger partial charge on any atom is 0.126 e. The van der Waals surface area contributed by atoms with E-state index >= 15 is 0 Å². The summed E-state index contributed by atoms with van der Waals surface area (Å²) in [6, 6.07) is 5.32. The third-order valence-electron chi connectivity index (χ3n) is 2.64. The van der Waals surface area contributed by atoms with Crippen LogP contribution in [0.2, 0.25) is 5.02 Å². The summed E-state index contributed by atoms with van der Waals surface area (Å²) in [5.41, 5.74) is 1.60. The molecule has 0 amide bonds. The Hall–Kier alpha value is -1.52. The second-order valence-corrected chi connectivity index (χ2v) is 4.27. The number of rotatable bonds is 5. The van der Waals surface area contributed by atoms with Crippen molar-refractivity contribution in [2.45, 2.75) is 26.7 Å². The topological polar surface area (TPSA) is 47.3 Å². The predicted molar refractivity (Wildman–Crippen MR) is 69.6 cm³/mol. The van der Waals surface area contributed by atoms with Crippen LogP contribution in [0.15, 0.2) is 30.6 Å². The average Bonchev–Trinajstić information content (AvgIpc) is 2.84. The molecule has 0 spiro atoms. The van der Waals surface area contributed by atoms with Crippen LogP contribution < -0.4 is 4.74 Å². The van der Waals surface area contributed by atoms with E-state index in [0.717, 1.165) is 12.1 Å². The molecule has 1 N–H and O–H groups in total. The molecule has 0 aliphatic carbocycles. The third-order valence-corrected chi connectivity index (χ3v) is 2.99. The number of aliphatic hydroxyl groups is 1. The molecule has 18 heavy (non-hydrogen) atoms. The SMILES string of the molecule is CCn1cc(COc2cccc(Cl)c2CO)cn1. The standard InChI is InChI=1S/C13H15ClN2O2/c1-2-16-7-10(6-15-16)9-18-13-5-3-4-12(14)11(13)8-17/h3-7,17H,2,8-9H2,1H3. The van der Waals surface area contributed by atoms with E-state index < -0.39 is 0 Å². The van der Waals surface area contributed by atoms with Crippen LogP contribution in [-0.2, 0) is 19.8 Å². The summed E-state index contributed by atoms with van der Waals surface area (Å²) in [7, 11) is 0. The van der Waals surface area contributed by atoms with Gasteiger partial charge in [-0.25, -0.2) is 0 Å². The second kappa shape index (κ2) is 5.89. The Morgan fingerprint density at radius 2 is 2.28 bits per heavy atom. The Bertz CT molecular complexity index is 525. The van der Waals surface area contributed by atoms with Crippen molar-refractivity contribution in [3.63, 3.8) is 0 Å². The summed E-state index contributed by atoms with van der Waals surface area (Å²) in [4.78, 5) is 0. The molecular weight excluding hydrogens is 252 g/mol. The average molecular weight is 267 g/mol. The van der Waals surface area contributed by atoms with E-state index in [1.54, 1.807) is 24.4 Å². The minimum absolute atomic E-state index is 0.136. The number of aryl methyl sites for hydroxylation is 1. The molecule has 4 nitrogen and oxygen atoms in total. The molecule has 0 aliphatic rings. The van der Waals surface area contributed by atoms with Crippen molar-refractivity contribution in [1.82, 2.24) is 9.78 Å². The molecule has 5 heteroatoms. The number of halogens is 1. The lowest BCUT2D eigenvalue weighted by Crippen LogP contribution is -1.99. The lowest BCUT2D eigenvalue weighted by Gasteiger charge is -2.10. The van der Waals surface area contributed by atoms with Gasteiger partial charge in [-0.1, -0.05) is 17.7 Å². The van der Waals surface area contributed by atoms with Gasteiger partial charge in [-0.15, -0.1) is 0 Å². The number of hydrogen-bond acceptors (Lipinski definition) is 3. The fraction of sp³-hybridized carbons (Fsp3) is 0.308. The number of nitrogens with zero attached hydrogens (tertiary/aromatic N) is 2. The number of ether oxygens (including phenoxy) is 1. The van der Waals surface area contributed by atoms with Gasteiger partial charge in [-0.2, -0.15) is 5.10 Å². The van der Waals surface area contributed by atoms with Gasteiger partial charge >= 0.3 is 0 Å². The minimum atomic E-state index is -0.136. The molecule has 0 radical (unpaired) electrons. The first-order valence-corrected chi connectivity index (χ1v) is 6.14. The largest absolute Gasteiger partial charge is 0.488 e. The second-order valence-electron chi connectivity index (χ2n) is 3.87. The fourth-order valence-electron chi connectivity index (χ4n) is 1.64. The molecule has 0 fully saturated rings. The van der Waals surface area contributed by atoms with Gasteiger partial charge in [-0.3, -0.25) is 4.68 Å². The lowest BCUT2D eigenvalue weighted by molar-refractivity contribution is 0.259. The maximum atomic E-state index is 9.26. The van der Waals surface area contributed by atoms with Crippen LogP contribution in [0.25, 0.3) is 0 Å². The molecule has 0 unspecified atom stereocenters. The third kappa shape index (κ3) is 2.83. The highest BCUT2D eigenvalue weighted by Crippen LogP contribution is 2.26. The van der Waals surface area contributed by atoms with Crippen molar-refractivity contribution < 1.29 is 9.84 Å². The Morgan fingerprint density at radius 3 is 2.94 bits per heavy atom. The number of aliphatic hydroxyl groups excluding tert-OH is 1. The molecule has 2 rings (SSSR count). The zero-order chi connectivity index (χ0) is 13.0. The van der Waals surface area contributed by atoms with E-state index in [9.17, 15) is 5.11 Å². The monoisotopic (exact) mass is 266 g/mol. The summed E-state index contributed by atoms with van der Waals surface area (Å²) in [5.74, 6) is 0.606. The van der Waals surface area contributed by atoms with E-state index in [0.29, 0.717) is 22.9 Å². The Kier molecular flexibility index (Phi) is 4.23. The zero-order valence-corrected chi connectivity index (χ0v) is 10.9. The summed E-state index contributed by atoms with van der Waals surface area (Å²) in [6.07, 6.45) is 3.70. The van der Waals surface area contributed by atoms with Gasteiger partial charge in [0.1, 0.15) is 12.4 Å². The highest BCUT2D eigenvalue weighted by Gasteiger charge is 2.07. The molecule has 0 aliphatic heterocycles. The maximum absolute atomic E-state index is 9.26. The van der Waals surface area contributed by atoms with E-state index in [1.807, 2.05) is 17.8 Å². The van der Waals surface area contributed by atoms with Crippen LogP contribution >= 0.6 is 11.6 Å². The van der Waals surface area contributed by atoms with E-state index in [1.165, 1.54) is 0 Å². The van der Waals surface area contributed by atoms with Gasteiger partial charge in [0.15, 0.2) is 0 Å². The first-order chi connectivity index (χ1) is 8.74. The normalized spacial score (nSPS) is 10.6. The van der Waals surface area contributed by atoms with Gasteiger partial charge < -0.3 is 9.84 Å². The highest BCUT2D eigenvalue weighted by molar-refractivity contribution is 6.31. The number of hydrogen-bond donors (Lipinski definition) is 1. The van der Waals surface area contributed by atoms with Crippen molar-refractivity contribution in [3.05, 3.63) is 46.7 Å². The Labute approximate surface area is 111 Å². The minimum Gasteiger partial charge on any atom is -0.488 e. The molecule has 0 atom stereocenters. The van der Waals surface area contributed by atoms with Crippen molar-refractivity contribution >= 4 is 11.6 Å². The van der Waals surface area contributed by atoms with Crippen LogP contribution in [0, 0.1) is 0 Å². The van der Waals surface area contributed by atoms with Crippen molar-refractivity contribution in [2.24, 2.45) is 0 Å². The molecule has 1 heterocycles. The molecule has 1 aromatic carbocycles. The van der Waals surface area contributed by atoms with Gasteiger partial charge in [0.25, 0.3) is 0 Å². The molecule has 96 valence electrons. The smallest absolute Gasteiger partial charge is 0.126 e. The molecule has 0 bridgehead atoms. The van der Waals surface area contributed by atoms with Crippen LogP contribution in [0.1, 0.15) is 18.1 Å². The fourth-order valence-corrected chi connectivity index (χ4v) is 1.87. The summed E-state index contributed by atoms with van der Waals surface area (Å²) < 4.78 is 7.49. The van der Waals surface area contributed by atoms with E-state index in [-0.39, 0.29) is 6.61 Å². The molecule has 1 aromatic heterocycles. The first-order valence-electron chi connectivity index (χ1n) is 5.77. The Balaban J connectivity index is 2.08. The molecule has 0 saturated carbocycles. The lowest BCUT2D eigenvalue weighted by atomic mass is 10.2. The summed E-state index contributed by atoms with van der Waals surface area (Å²) in [5, 5.41) is 13.9.